The SMILES string of the molecule is CCOC(=O)/C(C)=C/c1ccc(C(N)=O)cc1. The Labute approximate surface area is 100 Å². The fraction of sp³-hybridized carbons (Fsp3) is 0.231. The Hall–Kier alpha value is -2.10. The van der Waals surface area contributed by atoms with Gasteiger partial charge in [-0.05, 0) is 37.6 Å². The van der Waals surface area contributed by atoms with Gasteiger partial charge in [-0.1, -0.05) is 12.1 Å². The van der Waals surface area contributed by atoms with Gasteiger partial charge in [0.15, 0.2) is 0 Å². The third-order valence-electron chi connectivity index (χ3n) is 2.18. The van der Waals surface area contributed by atoms with E-state index in [0.29, 0.717) is 17.7 Å². The van der Waals surface area contributed by atoms with Gasteiger partial charge in [0.2, 0.25) is 5.91 Å². The molecule has 0 heterocycles. The van der Waals surface area contributed by atoms with Crippen LogP contribution in [0.1, 0.15) is 29.8 Å². The fourth-order valence-electron chi connectivity index (χ4n) is 1.30. The molecule has 0 radical (unpaired) electrons. The van der Waals surface area contributed by atoms with Crippen molar-refractivity contribution < 1.29 is 14.3 Å². The summed E-state index contributed by atoms with van der Waals surface area (Å²) < 4.78 is 4.86. The highest BCUT2D eigenvalue weighted by Crippen LogP contribution is 2.09. The summed E-state index contributed by atoms with van der Waals surface area (Å²) in [7, 11) is 0. The number of nitrogens with two attached hydrogens (primary N) is 1. The van der Waals surface area contributed by atoms with Gasteiger partial charge in [-0.25, -0.2) is 4.79 Å². The van der Waals surface area contributed by atoms with Crippen LogP contribution in [-0.4, -0.2) is 18.5 Å². The van der Waals surface area contributed by atoms with E-state index < -0.39 is 5.91 Å². The Morgan fingerprint density at radius 1 is 1.29 bits per heavy atom. The number of esters is 1. The maximum Gasteiger partial charge on any atom is 0.333 e. The number of rotatable bonds is 4. The van der Waals surface area contributed by atoms with Crippen LogP contribution >= 0.6 is 0 Å². The van der Waals surface area contributed by atoms with Gasteiger partial charge in [0.25, 0.3) is 0 Å². The van der Waals surface area contributed by atoms with Crippen molar-refractivity contribution in [3.63, 3.8) is 0 Å². The number of carbonyl (C=O) groups is 2. The monoisotopic (exact) mass is 233 g/mol. The number of amides is 1. The lowest BCUT2D eigenvalue weighted by Crippen LogP contribution is -2.10. The van der Waals surface area contributed by atoms with Crippen LogP contribution in [0.25, 0.3) is 6.08 Å². The van der Waals surface area contributed by atoms with Crippen LogP contribution in [0.15, 0.2) is 29.8 Å². The lowest BCUT2D eigenvalue weighted by Gasteiger charge is -2.02. The smallest absolute Gasteiger partial charge is 0.333 e. The summed E-state index contributed by atoms with van der Waals surface area (Å²) in [5, 5.41) is 0. The molecule has 1 rings (SSSR count). The highest BCUT2D eigenvalue weighted by Gasteiger charge is 2.04. The molecule has 1 aromatic carbocycles. The van der Waals surface area contributed by atoms with Crippen LogP contribution in [0.5, 0.6) is 0 Å². The summed E-state index contributed by atoms with van der Waals surface area (Å²) in [5.74, 6) is -0.811. The van der Waals surface area contributed by atoms with Crippen molar-refractivity contribution in [2.75, 3.05) is 6.61 Å². The molecule has 0 fully saturated rings. The van der Waals surface area contributed by atoms with E-state index in [1.54, 1.807) is 44.2 Å². The van der Waals surface area contributed by atoms with Gasteiger partial charge < -0.3 is 10.5 Å². The minimum atomic E-state index is -0.470. The van der Waals surface area contributed by atoms with Gasteiger partial charge in [0, 0.05) is 11.1 Å². The Bertz CT molecular complexity index is 446. The number of benzene rings is 1. The molecule has 0 saturated heterocycles. The van der Waals surface area contributed by atoms with Crippen molar-refractivity contribution in [3.8, 4) is 0 Å². The van der Waals surface area contributed by atoms with E-state index in [4.69, 9.17) is 10.5 Å². The molecular formula is C13H15NO3. The summed E-state index contributed by atoms with van der Waals surface area (Å²) in [6, 6.07) is 6.69. The van der Waals surface area contributed by atoms with Crippen LogP contribution in [-0.2, 0) is 9.53 Å². The van der Waals surface area contributed by atoms with Gasteiger partial charge >= 0.3 is 5.97 Å². The molecule has 17 heavy (non-hydrogen) atoms. The van der Waals surface area contributed by atoms with Crippen LogP contribution in [0.4, 0.5) is 0 Å². The molecule has 0 atom stereocenters. The van der Waals surface area contributed by atoms with E-state index >= 15 is 0 Å². The normalized spacial score (nSPS) is 11.1. The molecule has 0 unspecified atom stereocenters. The summed E-state index contributed by atoms with van der Waals surface area (Å²) in [4.78, 5) is 22.2. The zero-order chi connectivity index (χ0) is 12.8. The van der Waals surface area contributed by atoms with Crippen LogP contribution in [0.2, 0.25) is 0 Å². The second kappa shape index (κ2) is 5.84. The number of ether oxygens (including phenoxy) is 1. The van der Waals surface area contributed by atoms with E-state index in [1.165, 1.54) is 0 Å². The molecule has 1 amide bonds. The Balaban J connectivity index is 2.84. The van der Waals surface area contributed by atoms with Crippen molar-refractivity contribution in [2.24, 2.45) is 5.73 Å². The van der Waals surface area contributed by atoms with Crippen molar-refractivity contribution in [1.29, 1.82) is 0 Å². The number of hydrogen-bond acceptors (Lipinski definition) is 3. The average Bonchev–Trinajstić information content (AvgIpc) is 2.30. The largest absolute Gasteiger partial charge is 0.463 e. The standard InChI is InChI=1S/C13H15NO3/c1-3-17-13(16)9(2)8-10-4-6-11(7-5-10)12(14)15/h4-8H,3H2,1-2H3,(H2,14,15)/b9-8+. The van der Waals surface area contributed by atoms with Gasteiger partial charge in [-0.2, -0.15) is 0 Å². The number of primary amides is 1. The predicted molar refractivity (Wildman–Crippen MR) is 65.2 cm³/mol. The van der Waals surface area contributed by atoms with Crippen LogP contribution in [0.3, 0.4) is 0 Å². The quantitative estimate of drug-likeness (QED) is 0.636. The average molecular weight is 233 g/mol. The van der Waals surface area contributed by atoms with E-state index in [0.717, 1.165) is 5.56 Å². The maximum atomic E-state index is 11.4. The molecule has 0 aliphatic carbocycles. The molecule has 4 nitrogen and oxygen atoms in total. The predicted octanol–water partition coefficient (Wildman–Crippen LogP) is 1.75. The molecular weight excluding hydrogens is 218 g/mol. The summed E-state index contributed by atoms with van der Waals surface area (Å²) in [6.45, 7) is 3.79. The second-order valence-corrected chi connectivity index (χ2v) is 3.53. The Morgan fingerprint density at radius 3 is 2.35 bits per heavy atom. The third kappa shape index (κ3) is 3.75. The first-order valence-electron chi connectivity index (χ1n) is 5.30. The highest BCUT2D eigenvalue weighted by molar-refractivity contribution is 5.94. The molecule has 0 aromatic heterocycles. The van der Waals surface area contributed by atoms with Crippen molar-refractivity contribution in [3.05, 3.63) is 41.0 Å². The molecule has 1 aromatic rings. The molecule has 0 aliphatic heterocycles. The molecule has 2 N–H and O–H groups in total. The van der Waals surface area contributed by atoms with E-state index in [2.05, 4.69) is 0 Å². The second-order valence-electron chi connectivity index (χ2n) is 3.53. The minimum absolute atomic E-state index is 0.341. The van der Waals surface area contributed by atoms with E-state index in [1.807, 2.05) is 0 Å². The zero-order valence-corrected chi connectivity index (χ0v) is 9.90. The van der Waals surface area contributed by atoms with Crippen molar-refractivity contribution in [1.82, 2.24) is 0 Å². The van der Waals surface area contributed by atoms with Gasteiger partial charge in [-0.3, -0.25) is 4.79 Å². The summed E-state index contributed by atoms with van der Waals surface area (Å²) >= 11 is 0. The van der Waals surface area contributed by atoms with Crippen LogP contribution in [0, 0.1) is 0 Å². The van der Waals surface area contributed by atoms with Gasteiger partial charge in [0.1, 0.15) is 0 Å². The number of carbonyl (C=O) groups excluding carboxylic acids is 2. The fourth-order valence-corrected chi connectivity index (χ4v) is 1.30. The van der Waals surface area contributed by atoms with E-state index in [9.17, 15) is 9.59 Å². The van der Waals surface area contributed by atoms with Gasteiger partial charge in [0.05, 0.1) is 6.61 Å². The zero-order valence-electron chi connectivity index (χ0n) is 9.90. The maximum absolute atomic E-state index is 11.4. The minimum Gasteiger partial charge on any atom is -0.463 e. The highest BCUT2D eigenvalue weighted by atomic mass is 16.5. The molecule has 0 bridgehead atoms. The first-order chi connectivity index (χ1) is 8.04. The van der Waals surface area contributed by atoms with Gasteiger partial charge in [-0.15, -0.1) is 0 Å². The number of hydrogen-bond donors (Lipinski definition) is 1. The topological polar surface area (TPSA) is 69.4 Å². The summed E-state index contributed by atoms with van der Waals surface area (Å²) in [6.07, 6.45) is 1.70. The summed E-state index contributed by atoms with van der Waals surface area (Å²) in [5.41, 5.74) is 6.90. The molecule has 4 heteroatoms. The first-order valence-corrected chi connectivity index (χ1v) is 5.30. The Morgan fingerprint density at radius 2 is 1.88 bits per heavy atom. The molecule has 0 spiro atoms. The molecule has 0 aliphatic rings. The lowest BCUT2D eigenvalue weighted by atomic mass is 10.1. The third-order valence-corrected chi connectivity index (χ3v) is 2.18. The Kier molecular flexibility index (Phi) is 4.46. The van der Waals surface area contributed by atoms with Crippen molar-refractivity contribution in [2.45, 2.75) is 13.8 Å². The van der Waals surface area contributed by atoms with Crippen LogP contribution < -0.4 is 5.73 Å². The van der Waals surface area contributed by atoms with Crippen molar-refractivity contribution >= 4 is 18.0 Å². The molecule has 90 valence electrons. The van der Waals surface area contributed by atoms with E-state index in [-0.39, 0.29) is 5.97 Å². The first kappa shape index (κ1) is 13.0. The molecule has 0 saturated carbocycles. The lowest BCUT2D eigenvalue weighted by molar-refractivity contribution is -0.138.